The Balaban J connectivity index is 1.56. The SMILES string of the molecule is CC(C)C(=O)N1CCc2ccc(SNCC(C)c3ccc(F)cc3)cc2C1. The zero-order valence-electron chi connectivity index (χ0n) is 16.2. The Kier molecular flexibility index (Phi) is 6.55. The van der Waals surface area contributed by atoms with Gasteiger partial charge in [0, 0.05) is 30.4 Å². The Labute approximate surface area is 165 Å². The summed E-state index contributed by atoms with van der Waals surface area (Å²) in [6.45, 7) is 8.34. The number of amides is 1. The first-order valence-corrected chi connectivity index (χ1v) is 10.3. The van der Waals surface area contributed by atoms with E-state index in [-0.39, 0.29) is 17.6 Å². The van der Waals surface area contributed by atoms with Crippen molar-refractivity contribution < 1.29 is 9.18 Å². The molecule has 144 valence electrons. The minimum atomic E-state index is -0.202. The highest BCUT2D eigenvalue weighted by atomic mass is 32.2. The molecule has 2 aromatic rings. The molecule has 1 aliphatic heterocycles. The second-order valence-electron chi connectivity index (χ2n) is 7.50. The van der Waals surface area contributed by atoms with Crippen molar-refractivity contribution in [1.82, 2.24) is 9.62 Å². The maximum absolute atomic E-state index is 13.0. The molecule has 0 radical (unpaired) electrons. The summed E-state index contributed by atoms with van der Waals surface area (Å²) in [6.07, 6.45) is 0.924. The Bertz CT molecular complexity index is 791. The number of halogens is 1. The largest absolute Gasteiger partial charge is 0.338 e. The van der Waals surface area contributed by atoms with Gasteiger partial charge in [0.25, 0.3) is 0 Å². The second kappa shape index (κ2) is 8.89. The van der Waals surface area contributed by atoms with Gasteiger partial charge in [0.05, 0.1) is 0 Å². The normalized spacial score (nSPS) is 14.9. The fraction of sp³-hybridized carbons (Fsp3) is 0.409. The van der Waals surface area contributed by atoms with Crippen LogP contribution in [0.1, 0.15) is 43.4 Å². The number of nitrogens with zero attached hydrogens (tertiary/aromatic N) is 1. The first kappa shape index (κ1) is 19.9. The highest BCUT2D eigenvalue weighted by Crippen LogP contribution is 2.26. The van der Waals surface area contributed by atoms with Crippen LogP contribution in [0, 0.1) is 11.7 Å². The summed E-state index contributed by atoms with van der Waals surface area (Å²) < 4.78 is 16.5. The number of hydrogen-bond acceptors (Lipinski definition) is 3. The fourth-order valence-electron chi connectivity index (χ4n) is 3.31. The van der Waals surface area contributed by atoms with Gasteiger partial charge >= 0.3 is 0 Å². The van der Waals surface area contributed by atoms with Crippen LogP contribution in [0.2, 0.25) is 0 Å². The van der Waals surface area contributed by atoms with E-state index in [1.807, 2.05) is 30.9 Å². The van der Waals surface area contributed by atoms with Gasteiger partial charge in [-0.05, 0) is 65.2 Å². The van der Waals surface area contributed by atoms with Crippen molar-refractivity contribution in [2.24, 2.45) is 5.92 Å². The molecule has 3 nitrogen and oxygen atoms in total. The van der Waals surface area contributed by atoms with Gasteiger partial charge in [-0.25, -0.2) is 4.39 Å². The summed E-state index contributed by atoms with van der Waals surface area (Å²) in [6, 6.07) is 13.2. The molecule has 0 saturated carbocycles. The molecular formula is C22H27FN2OS. The van der Waals surface area contributed by atoms with Crippen molar-refractivity contribution in [1.29, 1.82) is 0 Å². The molecule has 1 amide bonds. The van der Waals surface area contributed by atoms with E-state index in [1.54, 1.807) is 11.9 Å². The van der Waals surface area contributed by atoms with Crippen LogP contribution in [0.3, 0.4) is 0 Å². The van der Waals surface area contributed by atoms with Crippen molar-refractivity contribution in [3.8, 4) is 0 Å². The average Bonchev–Trinajstić information content (AvgIpc) is 2.67. The standard InChI is InChI=1S/C22H27FN2OS/c1-15(2)22(26)25-11-10-18-6-9-21(12-19(18)14-25)27-24-13-16(3)17-4-7-20(23)8-5-17/h4-9,12,15-16,24H,10-11,13-14H2,1-3H3. The summed E-state index contributed by atoms with van der Waals surface area (Å²) in [5, 5.41) is 0. The van der Waals surface area contributed by atoms with Crippen molar-refractivity contribution in [3.63, 3.8) is 0 Å². The second-order valence-corrected chi connectivity index (χ2v) is 8.46. The Morgan fingerprint density at radius 1 is 1.15 bits per heavy atom. The Morgan fingerprint density at radius 3 is 2.59 bits per heavy atom. The van der Waals surface area contributed by atoms with Gasteiger partial charge in [-0.1, -0.05) is 39.0 Å². The number of rotatable bonds is 6. The Morgan fingerprint density at radius 2 is 1.89 bits per heavy atom. The summed E-state index contributed by atoms with van der Waals surface area (Å²) >= 11 is 1.61. The molecule has 1 atom stereocenters. The van der Waals surface area contributed by atoms with Crippen molar-refractivity contribution >= 4 is 17.9 Å². The number of fused-ring (bicyclic) bond motifs is 1. The quantitative estimate of drug-likeness (QED) is 0.726. The third-order valence-electron chi connectivity index (χ3n) is 5.01. The van der Waals surface area contributed by atoms with E-state index in [9.17, 15) is 9.18 Å². The van der Waals surface area contributed by atoms with Gasteiger partial charge < -0.3 is 4.90 Å². The highest BCUT2D eigenvalue weighted by Gasteiger charge is 2.22. The van der Waals surface area contributed by atoms with Crippen LogP contribution in [0.25, 0.3) is 0 Å². The molecular weight excluding hydrogens is 359 g/mol. The van der Waals surface area contributed by atoms with E-state index in [1.165, 1.54) is 23.3 Å². The Hall–Kier alpha value is -1.85. The van der Waals surface area contributed by atoms with E-state index >= 15 is 0 Å². The fourth-order valence-corrected chi connectivity index (χ4v) is 4.15. The molecule has 0 aromatic heterocycles. The van der Waals surface area contributed by atoms with Gasteiger partial charge in [0.1, 0.15) is 5.82 Å². The maximum Gasteiger partial charge on any atom is 0.225 e. The molecule has 1 N–H and O–H groups in total. The molecule has 0 bridgehead atoms. The minimum absolute atomic E-state index is 0.0405. The van der Waals surface area contributed by atoms with Crippen LogP contribution < -0.4 is 4.72 Å². The van der Waals surface area contributed by atoms with Crippen LogP contribution in [-0.4, -0.2) is 23.9 Å². The number of nitrogens with one attached hydrogen (secondary N) is 1. The molecule has 5 heteroatoms. The lowest BCUT2D eigenvalue weighted by atomic mass is 9.99. The molecule has 2 aromatic carbocycles. The van der Waals surface area contributed by atoms with Crippen LogP contribution >= 0.6 is 11.9 Å². The molecule has 0 saturated heterocycles. The topological polar surface area (TPSA) is 32.3 Å². The van der Waals surface area contributed by atoms with Crippen LogP contribution in [0.5, 0.6) is 0 Å². The van der Waals surface area contributed by atoms with Gasteiger partial charge in [-0.15, -0.1) is 0 Å². The monoisotopic (exact) mass is 386 g/mol. The van der Waals surface area contributed by atoms with Gasteiger partial charge in [0.2, 0.25) is 5.91 Å². The number of benzene rings is 2. The predicted molar refractivity (Wildman–Crippen MR) is 109 cm³/mol. The molecule has 27 heavy (non-hydrogen) atoms. The van der Waals surface area contributed by atoms with E-state index in [4.69, 9.17) is 0 Å². The predicted octanol–water partition coefficient (Wildman–Crippen LogP) is 4.77. The zero-order valence-corrected chi connectivity index (χ0v) is 17.0. The lowest BCUT2D eigenvalue weighted by Gasteiger charge is -2.30. The number of carbonyl (C=O) groups excluding carboxylic acids is 1. The third-order valence-corrected chi connectivity index (χ3v) is 5.81. The molecule has 0 fully saturated rings. The van der Waals surface area contributed by atoms with Crippen molar-refractivity contribution in [3.05, 3.63) is 65.0 Å². The number of hydrogen-bond donors (Lipinski definition) is 1. The van der Waals surface area contributed by atoms with Crippen molar-refractivity contribution in [2.75, 3.05) is 13.1 Å². The highest BCUT2D eigenvalue weighted by molar-refractivity contribution is 7.97. The van der Waals surface area contributed by atoms with Crippen LogP contribution in [0.4, 0.5) is 4.39 Å². The summed E-state index contributed by atoms with van der Waals surface area (Å²) in [5.74, 6) is 0.367. The van der Waals surface area contributed by atoms with E-state index in [0.29, 0.717) is 12.5 Å². The van der Waals surface area contributed by atoms with E-state index in [0.717, 1.165) is 30.0 Å². The zero-order chi connectivity index (χ0) is 19.4. The molecule has 1 aliphatic rings. The van der Waals surface area contributed by atoms with E-state index < -0.39 is 0 Å². The van der Waals surface area contributed by atoms with E-state index in [2.05, 4.69) is 29.8 Å². The van der Waals surface area contributed by atoms with Gasteiger partial charge in [-0.3, -0.25) is 9.52 Å². The average molecular weight is 387 g/mol. The minimum Gasteiger partial charge on any atom is -0.338 e. The van der Waals surface area contributed by atoms with Gasteiger partial charge in [0.15, 0.2) is 0 Å². The smallest absolute Gasteiger partial charge is 0.225 e. The van der Waals surface area contributed by atoms with Crippen molar-refractivity contribution in [2.45, 2.75) is 44.6 Å². The number of carbonyl (C=O) groups is 1. The third kappa shape index (κ3) is 5.11. The lowest BCUT2D eigenvalue weighted by Crippen LogP contribution is -2.38. The summed E-state index contributed by atoms with van der Waals surface area (Å²) in [7, 11) is 0. The molecule has 1 heterocycles. The summed E-state index contributed by atoms with van der Waals surface area (Å²) in [4.78, 5) is 15.4. The first-order chi connectivity index (χ1) is 12.9. The van der Waals surface area contributed by atoms with Crippen LogP contribution in [0.15, 0.2) is 47.4 Å². The summed E-state index contributed by atoms with van der Waals surface area (Å²) in [5.41, 5.74) is 3.71. The molecule has 0 spiro atoms. The van der Waals surface area contributed by atoms with Gasteiger partial charge in [-0.2, -0.15) is 0 Å². The van der Waals surface area contributed by atoms with Crippen LogP contribution in [-0.2, 0) is 17.8 Å². The molecule has 3 rings (SSSR count). The first-order valence-electron chi connectivity index (χ1n) is 9.50. The molecule has 0 aliphatic carbocycles. The molecule has 1 unspecified atom stereocenters. The maximum atomic E-state index is 13.0. The lowest BCUT2D eigenvalue weighted by molar-refractivity contribution is -0.135.